The second-order valence-corrected chi connectivity index (χ2v) is 6.70. The normalized spacial score (nSPS) is 15.0. The van der Waals surface area contributed by atoms with Crippen LogP contribution in [-0.2, 0) is 0 Å². The molecular weight excluding hydrogens is 216 g/mol. The van der Waals surface area contributed by atoms with Crippen LogP contribution in [0.2, 0.25) is 0 Å². The van der Waals surface area contributed by atoms with Crippen molar-refractivity contribution in [2.45, 2.75) is 98.8 Å². The van der Waals surface area contributed by atoms with Gasteiger partial charge in [-0.25, -0.2) is 0 Å². The maximum absolute atomic E-state index is 2.44. The zero-order chi connectivity index (χ0) is 13.8. The molecule has 0 radical (unpaired) electrons. The molecule has 2 atom stereocenters. The maximum atomic E-state index is 2.44. The van der Waals surface area contributed by atoms with Crippen molar-refractivity contribution in [1.29, 1.82) is 0 Å². The third kappa shape index (κ3) is 9.97. The van der Waals surface area contributed by atoms with E-state index in [1.807, 2.05) is 0 Å². The first-order chi connectivity index (χ1) is 8.59. The number of hydrogen-bond donors (Lipinski definition) is 0. The van der Waals surface area contributed by atoms with Crippen LogP contribution in [-0.4, -0.2) is 0 Å². The molecule has 0 bridgehead atoms. The summed E-state index contributed by atoms with van der Waals surface area (Å²) in [4.78, 5) is 0. The molecule has 0 aliphatic carbocycles. The molecule has 0 aliphatic heterocycles. The van der Waals surface area contributed by atoms with Gasteiger partial charge in [-0.1, -0.05) is 98.8 Å². The molecule has 0 spiro atoms. The van der Waals surface area contributed by atoms with Gasteiger partial charge in [0.05, 0.1) is 0 Å². The van der Waals surface area contributed by atoms with E-state index in [9.17, 15) is 0 Å². The number of rotatable bonds is 12. The molecule has 0 saturated carbocycles. The molecule has 0 aromatic carbocycles. The van der Waals surface area contributed by atoms with Crippen molar-refractivity contribution in [3.05, 3.63) is 0 Å². The summed E-state index contributed by atoms with van der Waals surface area (Å²) >= 11 is 0. The highest BCUT2D eigenvalue weighted by Crippen LogP contribution is 2.25. The Morgan fingerprint density at radius 3 is 1.50 bits per heavy atom. The van der Waals surface area contributed by atoms with Gasteiger partial charge in [0.2, 0.25) is 0 Å². The lowest BCUT2D eigenvalue weighted by Gasteiger charge is -2.23. The van der Waals surface area contributed by atoms with Gasteiger partial charge in [-0.15, -0.1) is 0 Å². The van der Waals surface area contributed by atoms with Gasteiger partial charge in [-0.2, -0.15) is 0 Å². The van der Waals surface area contributed by atoms with Gasteiger partial charge in [0.15, 0.2) is 0 Å². The summed E-state index contributed by atoms with van der Waals surface area (Å²) in [5.74, 6) is 2.65. The molecule has 0 aromatic rings. The highest BCUT2D eigenvalue weighted by molar-refractivity contribution is 4.65. The van der Waals surface area contributed by atoms with E-state index in [1.54, 1.807) is 0 Å². The quantitative estimate of drug-likeness (QED) is 0.335. The van der Waals surface area contributed by atoms with Gasteiger partial charge in [-0.3, -0.25) is 0 Å². The fourth-order valence-corrected chi connectivity index (χ4v) is 2.70. The monoisotopic (exact) mass is 254 g/mol. The molecule has 2 unspecified atom stereocenters. The van der Waals surface area contributed by atoms with Crippen molar-refractivity contribution in [2.75, 3.05) is 0 Å². The van der Waals surface area contributed by atoms with Crippen molar-refractivity contribution >= 4 is 0 Å². The van der Waals surface area contributed by atoms with Gasteiger partial charge in [0.25, 0.3) is 0 Å². The zero-order valence-electron chi connectivity index (χ0n) is 13.8. The second-order valence-electron chi connectivity index (χ2n) is 6.70. The Labute approximate surface area is 117 Å². The average molecular weight is 255 g/mol. The first-order valence-corrected chi connectivity index (χ1v) is 8.59. The summed E-state index contributed by atoms with van der Waals surface area (Å²) in [6, 6.07) is 0. The van der Waals surface area contributed by atoms with Crippen LogP contribution in [0.25, 0.3) is 0 Å². The van der Waals surface area contributed by atoms with Crippen LogP contribution in [0.4, 0.5) is 0 Å². The Bertz CT molecular complexity index is 159. The lowest BCUT2D eigenvalue weighted by atomic mass is 9.83. The van der Waals surface area contributed by atoms with Crippen molar-refractivity contribution in [3.63, 3.8) is 0 Å². The molecule has 0 aromatic heterocycles. The second kappa shape index (κ2) is 12.1. The van der Waals surface area contributed by atoms with Crippen LogP contribution in [0.1, 0.15) is 98.8 Å². The number of hydrogen-bond acceptors (Lipinski definition) is 0. The minimum atomic E-state index is 0.846. The molecule has 0 aliphatic rings. The molecule has 0 heteroatoms. The minimum absolute atomic E-state index is 0.846. The lowest BCUT2D eigenvalue weighted by molar-refractivity contribution is 0.275. The molecule has 0 heterocycles. The Morgan fingerprint density at radius 1 is 0.611 bits per heavy atom. The zero-order valence-corrected chi connectivity index (χ0v) is 13.8. The average Bonchev–Trinajstić information content (AvgIpc) is 2.35. The van der Waals surface area contributed by atoms with E-state index >= 15 is 0 Å². The van der Waals surface area contributed by atoms with Gasteiger partial charge in [-0.05, 0) is 17.8 Å². The Balaban J connectivity index is 3.25. The summed E-state index contributed by atoms with van der Waals surface area (Å²) in [7, 11) is 0. The van der Waals surface area contributed by atoms with Crippen molar-refractivity contribution in [3.8, 4) is 0 Å². The summed E-state index contributed by atoms with van der Waals surface area (Å²) < 4.78 is 0. The molecule has 0 rings (SSSR count). The largest absolute Gasteiger partial charge is 0.0654 e. The first kappa shape index (κ1) is 18.0. The van der Waals surface area contributed by atoms with Gasteiger partial charge in [0, 0.05) is 0 Å². The first-order valence-electron chi connectivity index (χ1n) is 8.59. The summed E-state index contributed by atoms with van der Waals surface area (Å²) in [6.07, 6.45) is 14.5. The van der Waals surface area contributed by atoms with Gasteiger partial charge >= 0.3 is 0 Å². The van der Waals surface area contributed by atoms with E-state index in [2.05, 4.69) is 34.6 Å². The maximum Gasteiger partial charge on any atom is -0.0394 e. The third-order valence-corrected chi connectivity index (χ3v) is 4.71. The van der Waals surface area contributed by atoms with Crippen LogP contribution in [0.3, 0.4) is 0 Å². The standard InChI is InChI=1S/C18H38/c1-6-7-8-9-10-11-12-13-14-15-17(4)18(5)16(2)3/h16-18H,6-15H2,1-5H3. The van der Waals surface area contributed by atoms with Crippen molar-refractivity contribution in [2.24, 2.45) is 17.8 Å². The predicted octanol–water partition coefficient (Wildman–Crippen LogP) is 6.84. The van der Waals surface area contributed by atoms with E-state index in [-0.39, 0.29) is 0 Å². The fourth-order valence-electron chi connectivity index (χ4n) is 2.70. The smallest absolute Gasteiger partial charge is 0.0394 e. The van der Waals surface area contributed by atoms with E-state index < -0.39 is 0 Å². The molecule has 0 amide bonds. The molecule has 18 heavy (non-hydrogen) atoms. The molecule has 0 saturated heterocycles. The highest BCUT2D eigenvalue weighted by atomic mass is 14.2. The van der Waals surface area contributed by atoms with Gasteiger partial charge < -0.3 is 0 Å². The van der Waals surface area contributed by atoms with Gasteiger partial charge in [0.1, 0.15) is 0 Å². The summed E-state index contributed by atoms with van der Waals surface area (Å²) in [6.45, 7) is 11.9. The minimum Gasteiger partial charge on any atom is -0.0654 e. The lowest BCUT2D eigenvalue weighted by Crippen LogP contribution is -2.14. The summed E-state index contributed by atoms with van der Waals surface area (Å²) in [5, 5.41) is 0. The Kier molecular flexibility index (Phi) is 12.1. The molecule has 0 N–H and O–H groups in total. The van der Waals surface area contributed by atoms with Crippen LogP contribution in [0.15, 0.2) is 0 Å². The Morgan fingerprint density at radius 2 is 1.06 bits per heavy atom. The van der Waals surface area contributed by atoms with Crippen LogP contribution in [0, 0.1) is 17.8 Å². The predicted molar refractivity (Wildman–Crippen MR) is 85.0 cm³/mol. The topological polar surface area (TPSA) is 0 Å². The molecule has 110 valence electrons. The van der Waals surface area contributed by atoms with Crippen LogP contribution < -0.4 is 0 Å². The Hall–Kier alpha value is 0. The van der Waals surface area contributed by atoms with Crippen LogP contribution in [0.5, 0.6) is 0 Å². The fraction of sp³-hybridized carbons (Fsp3) is 1.00. The van der Waals surface area contributed by atoms with E-state index in [4.69, 9.17) is 0 Å². The number of unbranched alkanes of at least 4 members (excludes halogenated alkanes) is 8. The molecule has 0 fully saturated rings. The SMILES string of the molecule is CCCCCCCCCCCC(C)C(C)C(C)C. The van der Waals surface area contributed by atoms with Crippen LogP contribution >= 0.6 is 0 Å². The van der Waals surface area contributed by atoms with Crippen molar-refractivity contribution < 1.29 is 0 Å². The molecule has 0 nitrogen and oxygen atoms in total. The van der Waals surface area contributed by atoms with E-state index in [1.165, 1.54) is 64.2 Å². The third-order valence-electron chi connectivity index (χ3n) is 4.71. The van der Waals surface area contributed by atoms with Crippen molar-refractivity contribution in [1.82, 2.24) is 0 Å². The molecular formula is C18H38. The highest BCUT2D eigenvalue weighted by Gasteiger charge is 2.14. The van der Waals surface area contributed by atoms with E-state index in [0.29, 0.717) is 0 Å². The van der Waals surface area contributed by atoms with E-state index in [0.717, 1.165) is 17.8 Å². The summed E-state index contributed by atoms with van der Waals surface area (Å²) in [5.41, 5.74) is 0.